The number of hydrogen-bond donors (Lipinski definition) is 2. The van der Waals surface area contributed by atoms with E-state index in [1.165, 1.54) is 30.0 Å². The van der Waals surface area contributed by atoms with Gasteiger partial charge < -0.3 is 29.4 Å². The van der Waals surface area contributed by atoms with E-state index >= 15 is 8.78 Å². The molecule has 0 unspecified atom stereocenters. The number of carbonyl (C=O) groups excluding carboxylic acids is 2. The molecule has 2 atom stereocenters. The molecule has 0 radical (unpaired) electrons. The molecule has 0 aliphatic carbocycles. The summed E-state index contributed by atoms with van der Waals surface area (Å²) in [6.07, 6.45) is 0.191. The van der Waals surface area contributed by atoms with Crippen LogP contribution >= 0.6 is 0 Å². The van der Waals surface area contributed by atoms with Crippen molar-refractivity contribution in [1.82, 2.24) is 9.88 Å². The Bertz CT molecular complexity index is 2020. The number of carbonyl (C=O) groups is 3. The quantitative estimate of drug-likeness (QED) is 0.248. The zero-order valence-electron chi connectivity index (χ0n) is 25.3. The first-order valence-electron chi connectivity index (χ1n) is 14.9. The van der Waals surface area contributed by atoms with Crippen LogP contribution in [0.5, 0.6) is 5.75 Å². The first kappa shape index (κ1) is 32.3. The number of ether oxygens (including phenoxy) is 2. The number of hydrogen-bond acceptors (Lipinski definition) is 7. The van der Waals surface area contributed by atoms with Gasteiger partial charge in [-0.15, -0.1) is 0 Å². The van der Waals surface area contributed by atoms with Gasteiger partial charge in [0.1, 0.15) is 29.1 Å². The molecule has 2 aliphatic heterocycles. The number of rotatable bonds is 9. The van der Waals surface area contributed by atoms with Crippen LogP contribution in [0.25, 0.3) is 16.6 Å². The lowest BCUT2D eigenvalue weighted by atomic mass is 10.1. The molecule has 0 spiro atoms. The third-order valence-electron chi connectivity index (χ3n) is 8.25. The lowest BCUT2D eigenvalue weighted by molar-refractivity contribution is -0.119. The number of cyclic esters (lactones) is 1. The van der Waals surface area contributed by atoms with E-state index in [0.29, 0.717) is 19.0 Å². The molecular weight excluding hydrogens is 640 g/mol. The van der Waals surface area contributed by atoms with Crippen LogP contribution in [0.2, 0.25) is 0 Å². The fourth-order valence-corrected chi connectivity index (χ4v) is 5.87. The Labute approximate surface area is 269 Å². The molecule has 3 aromatic carbocycles. The van der Waals surface area contributed by atoms with Gasteiger partial charge in [-0.1, -0.05) is 0 Å². The van der Waals surface area contributed by atoms with Crippen LogP contribution in [0.3, 0.4) is 0 Å². The highest BCUT2D eigenvalue weighted by Crippen LogP contribution is 2.33. The van der Waals surface area contributed by atoms with E-state index in [9.17, 15) is 33.1 Å². The summed E-state index contributed by atoms with van der Waals surface area (Å²) in [5.41, 5.74) is -1.60. The lowest BCUT2D eigenvalue weighted by Crippen LogP contribution is -2.33. The van der Waals surface area contributed by atoms with Crippen LogP contribution in [0.1, 0.15) is 23.7 Å². The minimum absolute atomic E-state index is 0.0112. The smallest absolute Gasteiger partial charge is 0.414 e. The minimum Gasteiger partial charge on any atom is -0.490 e. The van der Waals surface area contributed by atoms with Crippen molar-refractivity contribution in [3.8, 4) is 11.4 Å². The molecule has 3 heterocycles. The molecule has 0 bridgehead atoms. The number of aromatic nitrogens is 1. The van der Waals surface area contributed by atoms with Crippen molar-refractivity contribution in [1.29, 1.82) is 0 Å². The molecule has 250 valence electrons. The zero-order chi connectivity index (χ0) is 34.3. The summed E-state index contributed by atoms with van der Waals surface area (Å²) in [7, 11) is 0. The molecule has 4 aromatic rings. The van der Waals surface area contributed by atoms with Crippen molar-refractivity contribution in [2.75, 3.05) is 42.6 Å². The molecule has 15 heteroatoms. The first-order valence-corrected chi connectivity index (χ1v) is 14.9. The Morgan fingerprint density at radius 3 is 2.46 bits per heavy atom. The van der Waals surface area contributed by atoms with Crippen LogP contribution in [0.4, 0.5) is 33.7 Å². The number of carboxylic acid groups (broad SMARTS) is 1. The van der Waals surface area contributed by atoms with Crippen molar-refractivity contribution in [2.24, 2.45) is 5.92 Å². The van der Waals surface area contributed by atoms with Crippen LogP contribution in [-0.4, -0.2) is 66.5 Å². The van der Waals surface area contributed by atoms with E-state index in [-0.39, 0.29) is 71.8 Å². The summed E-state index contributed by atoms with van der Waals surface area (Å²) < 4.78 is 71.0. The zero-order valence-corrected chi connectivity index (χ0v) is 25.3. The number of fused-ring (bicyclic) bond motifs is 1. The number of amides is 2. The summed E-state index contributed by atoms with van der Waals surface area (Å²) in [5.74, 6) is -5.51. The van der Waals surface area contributed by atoms with Gasteiger partial charge in [-0.3, -0.25) is 14.5 Å². The van der Waals surface area contributed by atoms with E-state index < -0.39 is 52.4 Å². The third kappa shape index (κ3) is 6.35. The SMILES string of the molecule is CC(=O)NC[C@H]1CN(c2ccc(OC[C@H]3CCN(c4cc5c(cc4F)c(=O)c(C(=O)O)cn5-c4ccc(F)cc4F)C3)c(F)c2)C(=O)O1. The second kappa shape index (κ2) is 12.9. The summed E-state index contributed by atoms with van der Waals surface area (Å²) in [6.45, 7) is 2.29. The normalized spacial score (nSPS) is 17.6. The van der Waals surface area contributed by atoms with Crippen molar-refractivity contribution in [3.63, 3.8) is 0 Å². The molecule has 2 amide bonds. The standard InChI is InChI=1S/C33H28F4N4O7/c1-17(42)38-12-21-14-40(33(46)48-21)20-3-5-30(26(37)9-20)47-16-18-6-7-39(13-18)29-11-28-22(10-25(29)36)31(43)23(32(44)45)15-41(28)27-4-2-19(34)8-24(27)35/h2-5,8-11,15,18,21H,6-7,12-14,16H2,1H3,(H,38,42)(H,44,45)/t18-,21-/m0/s1. The van der Waals surface area contributed by atoms with Gasteiger partial charge in [-0.2, -0.15) is 0 Å². The Morgan fingerprint density at radius 2 is 1.75 bits per heavy atom. The Hall–Kier alpha value is -5.60. The van der Waals surface area contributed by atoms with Crippen molar-refractivity contribution < 1.29 is 46.5 Å². The third-order valence-corrected chi connectivity index (χ3v) is 8.25. The van der Waals surface area contributed by atoms with E-state index in [0.717, 1.165) is 35.0 Å². The van der Waals surface area contributed by atoms with Gasteiger partial charge in [0.25, 0.3) is 0 Å². The summed E-state index contributed by atoms with van der Waals surface area (Å²) >= 11 is 0. The fourth-order valence-electron chi connectivity index (χ4n) is 5.87. The highest BCUT2D eigenvalue weighted by atomic mass is 19.1. The lowest BCUT2D eigenvalue weighted by Gasteiger charge is -2.22. The average Bonchev–Trinajstić information content (AvgIpc) is 3.66. The van der Waals surface area contributed by atoms with Crippen molar-refractivity contribution in [3.05, 3.63) is 93.8 Å². The average molecular weight is 669 g/mol. The molecule has 48 heavy (non-hydrogen) atoms. The van der Waals surface area contributed by atoms with Crippen LogP contribution < -0.4 is 25.3 Å². The number of carboxylic acids is 1. The number of nitrogens with one attached hydrogen (secondary N) is 1. The van der Waals surface area contributed by atoms with Crippen LogP contribution in [-0.2, 0) is 9.53 Å². The van der Waals surface area contributed by atoms with Gasteiger partial charge in [-0.25, -0.2) is 27.2 Å². The summed E-state index contributed by atoms with van der Waals surface area (Å²) in [5, 5.41) is 11.8. The van der Waals surface area contributed by atoms with Gasteiger partial charge in [0, 0.05) is 49.6 Å². The highest BCUT2D eigenvalue weighted by Gasteiger charge is 2.33. The minimum atomic E-state index is -1.60. The second-order valence-corrected chi connectivity index (χ2v) is 11.5. The summed E-state index contributed by atoms with van der Waals surface area (Å²) in [6, 6.07) is 8.90. The van der Waals surface area contributed by atoms with E-state index in [1.54, 1.807) is 4.90 Å². The van der Waals surface area contributed by atoms with Crippen molar-refractivity contribution in [2.45, 2.75) is 19.4 Å². The van der Waals surface area contributed by atoms with Crippen LogP contribution in [0.15, 0.2) is 59.5 Å². The molecule has 11 nitrogen and oxygen atoms in total. The number of benzene rings is 3. The molecule has 6 rings (SSSR count). The van der Waals surface area contributed by atoms with E-state index in [1.807, 2.05) is 0 Å². The predicted octanol–water partition coefficient (Wildman–Crippen LogP) is 4.61. The summed E-state index contributed by atoms with van der Waals surface area (Å²) in [4.78, 5) is 51.1. The van der Waals surface area contributed by atoms with Gasteiger partial charge in [0.05, 0.1) is 42.3 Å². The maximum absolute atomic E-state index is 15.5. The molecule has 2 saturated heterocycles. The molecule has 0 saturated carbocycles. The number of pyridine rings is 1. The number of nitrogens with zero attached hydrogens (tertiary/aromatic N) is 3. The van der Waals surface area contributed by atoms with E-state index in [2.05, 4.69) is 5.32 Å². The van der Waals surface area contributed by atoms with Gasteiger partial charge in [0.2, 0.25) is 11.3 Å². The molecule has 1 aromatic heterocycles. The largest absolute Gasteiger partial charge is 0.490 e. The van der Waals surface area contributed by atoms with Gasteiger partial charge >= 0.3 is 12.1 Å². The number of anilines is 2. The van der Waals surface area contributed by atoms with Crippen molar-refractivity contribution >= 4 is 40.2 Å². The maximum Gasteiger partial charge on any atom is 0.414 e. The molecule has 2 N–H and O–H groups in total. The predicted molar refractivity (Wildman–Crippen MR) is 165 cm³/mol. The van der Waals surface area contributed by atoms with Crippen LogP contribution in [0, 0.1) is 29.2 Å². The first-order chi connectivity index (χ1) is 22.9. The molecule has 2 fully saturated rings. The van der Waals surface area contributed by atoms with Gasteiger partial charge in [0.15, 0.2) is 11.6 Å². The fraction of sp³-hybridized carbons (Fsp3) is 0.273. The Kier molecular flexibility index (Phi) is 8.69. The Morgan fingerprint density at radius 1 is 0.979 bits per heavy atom. The number of aromatic carboxylic acids is 1. The molecule has 2 aliphatic rings. The number of halogens is 4. The highest BCUT2D eigenvalue weighted by molar-refractivity contribution is 5.94. The maximum atomic E-state index is 15.5. The van der Waals surface area contributed by atoms with Gasteiger partial charge in [-0.05, 0) is 42.8 Å². The second-order valence-electron chi connectivity index (χ2n) is 11.5. The topological polar surface area (TPSA) is 130 Å². The monoisotopic (exact) mass is 668 g/mol. The molecular formula is C33H28F4N4O7. The van der Waals surface area contributed by atoms with E-state index in [4.69, 9.17) is 9.47 Å². The Balaban J connectivity index is 1.18.